The van der Waals surface area contributed by atoms with Gasteiger partial charge in [0.2, 0.25) is 5.91 Å². The molecule has 0 spiro atoms. The molecule has 1 aliphatic rings. The monoisotopic (exact) mass is 171 g/mol. The lowest BCUT2D eigenvalue weighted by Gasteiger charge is -2.29. The molecule has 0 bridgehead atoms. The number of rotatable bonds is 3. The minimum atomic E-state index is -0.140. The quantitative estimate of drug-likeness (QED) is 0.594. The molecule has 4 heteroatoms. The van der Waals surface area contributed by atoms with Crippen LogP contribution in [0.4, 0.5) is 0 Å². The summed E-state index contributed by atoms with van der Waals surface area (Å²) in [5.41, 5.74) is 5.21. The highest BCUT2D eigenvalue weighted by molar-refractivity contribution is 5.76. The van der Waals surface area contributed by atoms with E-state index in [2.05, 4.69) is 10.2 Å². The van der Waals surface area contributed by atoms with E-state index in [4.69, 9.17) is 5.73 Å². The average Bonchev–Trinajstić information content (AvgIpc) is 2.06. The van der Waals surface area contributed by atoms with Crippen molar-refractivity contribution >= 4 is 5.91 Å². The third-order valence-corrected chi connectivity index (χ3v) is 2.37. The molecule has 0 atom stereocenters. The van der Waals surface area contributed by atoms with Gasteiger partial charge in [0.15, 0.2) is 0 Å². The average molecular weight is 171 g/mol. The summed E-state index contributed by atoms with van der Waals surface area (Å²) in [5.74, 6) is -0.0304. The maximum absolute atomic E-state index is 10.8. The van der Waals surface area contributed by atoms with E-state index in [1.807, 2.05) is 7.05 Å². The number of primary amides is 1. The van der Waals surface area contributed by atoms with Crippen LogP contribution in [0.2, 0.25) is 0 Å². The third-order valence-electron chi connectivity index (χ3n) is 2.37. The number of hydrogen-bond acceptors (Lipinski definition) is 3. The Balaban J connectivity index is 2.25. The molecular formula is C8H17N3O. The first-order valence-corrected chi connectivity index (χ1v) is 4.40. The van der Waals surface area contributed by atoms with E-state index >= 15 is 0 Å². The second-order valence-electron chi connectivity index (χ2n) is 3.31. The van der Waals surface area contributed by atoms with Crippen molar-refractivity contribution < 1.29 is 4.79 Å². The fourth-order valence-electron chi connectivity index (χ4n) is 1.60. The first-order chi connectivity index (χ1) is 5.74. The topological polar surface area (TPSA) is 58.4 Å². The van der Waals surface area contributed by atoms with Crippen LogP contribution in [0, 0.1) is 5.92 Å². The molecule has 0 unspecified atom stereocenters. The second-order valence-corrected chi connectivity index (χ2v) is 3.31. The molecule has 0 aromatic rings. The van der Waals surface area contributed by atoms with Gasteiger partial charge in [-0.3, -0.25) is 9.69 Å². The van der Waals surface area contributed by atoms with Gasteiger partial charge in [-0.1, -0.05) is 0 Å². The standard InChI is InChI=1S/C8H17N3O/c1-10-6-11-4-2-7(3-5-11)8(9)12/h7,10H,2-6H2,1H3,(H2,9,12). The number of piperidine rings is 1. The van der Waals surface area contributed by atoms with Crippen LogP contribution in [-0.4, -0.2) is 37.6 Å². The summed E-state index contributed by atoms with van der Waals surface area (Å²) in [6.45, 7) is 2.87. The fourth-order valence-corrected chi connectivity index (χ4v) is 1.60. The Morgan fingerprint density at radius 2 is 2.17 bits per heavy atom. The number of hydrogen-bond donors (Lipinski definition) is 2. The molecule has 1 saturated heterocycles. The number of amides is 1. The number of nitrogens with two attached hydrogens (primary N) is 1. The molecule has 0 aliphatic carbocycles. The molecular weight excluding hydrogens is 154 g/mol. The third kappa shape index (κ3) is 2.46. The largest absolute Gasteiger partial charge is 0.369 e. The number of likely N-dealkylation sites (tertiary alicyclic amines) is 1. The molecule has 0 aromatic heterocycles. The first-order valence-electron chi connectivity index (χ1n) is 4.40. The van der Waals surface area contributed by atoms with Crippen LogP contribution < -0.4 is 11.1 Å². The lowest BCUT2D eigenvalue weighted by molar-refractivity contribution is -0.123. The van der Waals surface area contributed by atoms with Crippen molar-refractivity contribution in [1.82, 2.24) is 10.2 Å². The zero-order valence-electron chi connectivity index (χ0n) is 7.55. The highest BCUT2D eigenvalue weighted by atomic mass is 16.1. The Bertz CT molecular complexity index is 152. The molecule has 4 nitrogen and oxygen atoms in total. The van der Waals surface area contributed by atoms with Crippen molar-refractivity contribution in [3.05, 3.63) is 0 Å². The van der Waals surface area contributed by atoms with E-state index in [9.17, 15) is 4.79 Å². The lowest BCUT2D eigenvalue weighted by atomic mass is 9.97. The molecule has 3 N–H and O–H groups in total. The van der Waals surface area contributed by atoms with E-state index < -0.39 is 0 Å². The Labute approximate surface area is 73.1 Å². The van der Waals surface area contributed by atoms with Crippen molar-refractivity contribution in [2.75, 3.05) is 26.8 Å². The summed E-state index contributed by atoms with van der Waals surface area (Å²) in [6, 6.07) is 0. The van der Waals surface area contributed by atoms with E-state index in [1.165, 1.54) is 0 Å². The molecule has 70 valence electrons. The fraction of sp³-hybridized carbons (Fsp3) is 0.875. The summed E-state index contributed by atoms with van der Waals surface area (Å²) in [4.78, 5) is 13.1. The zero-order valence-corrected chi connectivity index (χ0v) is 7.55. The summed E-state index contributed by atoms with van der Waals surface area (Å²) in [5, 5.41) is 3.09. The normalized spacial score (nSPS) is 21.1. The maximum Gasteiger partial charge on any atom is 0.220 e. The van der Waals surface area contributed by atoms with Gasteiger partial charge in [0, 0.05) is 25.7 Å². The SMILES string of the molecule is CNCN1CCC(C(N)=O)CC1. The van der Waals surface area contributed by atoms with Gasteiger partial charge in [-0.2, -0.15) is 0 Å². The number of carbonyl (C=O) groups excluding carboxylic acids is 1. The molecule has 1 rings (SSSR count). The number of nitrogens with zero attached hydrogens (tertiary/aromatic N) is 1. The van der Waals surface area contributed by atoms with Gasteiger partial charge in [-0.05, 0) is 19.9 Å². The van der Waals surface area contributed by atoms with Gasteiger partial charge >= 0.3 is 0 Å². The van der Waals surface area contributed by atoms with Crippen molar-refractivity contribution in [1.29, 1.82) is 0 Å². The zero-order chi connectivity index (χ0) is 8.97. The van der Waals surface area contributed by atoms with Crippen LogP contribution in [0.1, 0.15) is 12.8 Å². The molecule has 1 heterocycles. The minimum absolute atomic E-state index is 0.109. The van der Waals surface area contributed by atoms with E-state index in [-0.39, 0.29) is 11.8 Å². The van der Waals surface area contributed by atoms with Crippen LogP contribution in [0.25, 0.3) is 0 Å². The van der Waals surface area contributed by atoms with Crippen LogP contribution >= 0.6 is 0 Å². The second kappa shape index (κ2) is 4.42. The van der Waals surface area contributed by atoms with Gasteiger partial charge in [0.1, 0.15) is 0 Å². The summed E-state index contributed by atoms with van der Waals surface area (Å²) < 4.78 is 0. The lowest BCUT2D eigenvalue weighted by Crippen LogP contribution is -2.41. The maximum atomic E-state index is 10.8. The summed E-state index contributed by atoms with van der Waals surface area (Å²) in [7, 11) is 1.93. The Morgan fingerprint density at radius 3 is 2.58 bits per heavy atom. The summed E-state index contributed by atoms with van der Waals surface area (Å²) in [6.07, 6.45) is 1.83. The van der Waals surface area contributed by atoms with Crippen molar-refractivity contribution in [2.45, 2.75) is 12.8 Å². The van der Waals surface area contributed by atoms with Gasteiger partial charge < -0.3 is 11.1 Å². The first kappa shape index (κ1) is 9.48. The van der Waals surface area contributed by atoms with Crippen LogP contribution in [0.3, 0.4) is 0 Å². The minimum Gasteiger partial charge on any atom is -0.369 e. The smallest absolute Gasteiger partial charge is 0.220 e. The van der Waals surface area contributed by atoms with Gasteiger partial charge in [-0.15, -0.1) is 0 Å². The molecule has 0 saturated carbocycles. The Kier molecular flexibility index (Phi) is 3.49. The number of nitrogens with one attached hydrogen (secondary N) is 1. The Morgan fingerprint density at radius 1 is 1.58 bits per heavy atom. The Hall–Kier alpha value is -0.610. The highest BCUT2D eigenvalue weighted by Gasteiger charge is 2.22. The molecule has 0 radical (unpaired) electrons. The van der Waals surface area contributed by atoms with Gasteiger partial charge in [0.25, 0.3) is 0 Å². The van der Waals surface area contributed by atoms with Gasteiger partial charge in [-0.25, -0.2) is 0 Å². The van der Waals surface area contributed by atoms with Crippen LogP contribution in [-0.2, 0) is 4.79 Å². The van der Waals surface area contributed by atoms with E-state index in [0.29, 0.717) is 0 Å². The molecule has 12 heavy (non-hydrogen) atoms. The predicted molar refractivity (Wildman–Crippen MR) is 47.4 cm³/mol. The summed E-state index contributed by atoms with van der Waals surface area (Å²) >= 11 is 0. The van der Waals surface area contributed by atoms with Crippen molar-refractivity contribution in [2.24, 2.45) is 11.7 Å². The van der Waals surface area contributed by atoms with Crippen molar-refractivity contribution in [3.63, 3.8) is 0 Å². The molecule has 1 fully saturated rings. The molecule has 1 aliphatic heterocycles. The highest BCUT2D eigenvalue weighted by Crippen LogP contribution is 2.15. The van der Waals surface area contributed by atoms with E-state index in [0.717, 1.165) is 32.6 Å². The number of carbonyl (C=O) groups is 1. The van der Waals surface area contributed by atoms with Gasteiger partial charge in [0.05, 0.1) is 0 Å². The molecule has 1 amide bonds. The van der Waals surface area contributed by atoms with Crippen LogP contribution in [0.15, 0.2) is 0 Å². The predicted octanol–water partition coefficient (Wildman–Crippen LogP) is -0.639. The van der Waals surface area contributed by atoms with Crippen LogP contribution in [0.5, 0.6) is 0 Å². The van der Waals surface area contributed by atoms with Crippen molar-refractivity contribution in [3.8, 4) is 0 Å². The molecule has 0 aromatic carbocycles. The van der Waals surface area contributed by atoms with E-state index in [1.54, 1.807) is 0 Å².